The van der Waals surface area contributed by atoms with Crippen LogP contribution in [0.25, 0.3) is 10.1 Å². The predicted molar refractivity (Wildman–Crippen MR) is 162 cm³/mol. The number of hydrogen-bond acceptors (Lipinski definition) is 6. The molecule has 1 aromatic heterocycles. The molecule has 2 atom stereocenters. The molecule has 1 saturated heterocycles. The third kappa shape index (κ3) is 7.58. The number of rotatable bonds is 9. The van der Waals surface area contributed by atoms with E-state index in [-0.39, 0.29) is 53.8 Å². The Kier molecular flexibility index (Phi) is 9.97. The first-order valence-electron chi connectivity index (χ1n) is 13.2. The van der Waals surface area contributed by atoms with Crippen LogP contribution in [-0.4, -0.2) is 74.2 Å². The highest BCUT2D eigenvalue weighted by Gasteiger charge is 2.33. The van der Waals surface area contributed by atoms with Crippen molar-refractivity contribution in [2.24, 2.45) is 5.92 Å². The SMILES string of the molecule is CC(C)C[C@H](NC(=O)c1cc2ccccc2s1)C(=O)N1CCN(C(=O)[C@H](C)NS(=O)(=O)c2ccc(Cl)cc2Cl)CC1. The lowest BCUT2D eigenvalue weighted by Crippen LogP contribution is -2.58. The van der Waals surface area contributed by atoms with Gasteiger partial charge in [0.2, 0.25) is 21.8 Å². The van der Waals surface area contributed by atoms with Gasteiger partial charge in [-0.1, -0.05) is 55.2 Å². The maximum Gasteiger partial charge on any atom is 0.262 e. The number of hydrogen-bond donors (Lipinski definition) is 2. The van der Waals surface area contributed by atoms with Gasteiger partial charge in [0.05, 0.1) is 15.9 Å². The molecule has 0 unspecified atom stereocenters. The van der Waals surface area contributed by atoms with Gasteiger partial charge in [-0.15, -0.1) is 11.3 Å². The second-order valence-corrected chi connectivity index (χ2v) is 14.0. The van der Waals surface area contributed by atoms with Crippen molar-refractivity contribution in [3.63, 3.8) is 0 Å². The van der Waals surface area contributed by atoms with Crippen molar-refractivity contribution in [1.82, 2.24) is 19.8 Å². The highest BCUT2D eigenvalue weighted by atomic mass is 35.5. The van der Waals surface area contributed by atoms with Gasteiger partial charge in [-0.25, -0.2) is 8.42 Å². The van der Waals surface area contributed by atoms with Crippen molar-refractivity contribution in [1.29, 1.82) is 0 Å². The number of amides is 3. The number of thiophene rings is 1. The molecule has 0 spiro atoms. The molecule has 2 heterocycles. The minimum absolute atomic E-state index is 0.0489. The standard InChI is InChI=1S/C28H32Cl2N4O5S2/c1-17(2)14-22(31-26(35)24-15-19-6-4-5-7-23(19)40-24)28(37)34-12-10-33(11-13-34)27(36)18(3)32-41(38,39)25-9-8-20(29)16-21(25)30/h4-9,15-18,22,32H,10-14H2,1-3H3,(H,31,35)/t18-,22-/m0/s1. The summed E-state index contributed by atoms with van der Waals surface area (Å²) < 4.78 is 29.0. The van der Waals surface area contributed by atoms with Crippen molar-refractivity contribution in [2.45, 2.75) is 44.2 Å². The summed E-state index contributed by atoms with van der Waals surface area (Å²) in [5.41, 5.74) is 0. The zero-order valence-electron chi connectivity index (χ0n) is 22.9. The van der Waals surface area contributed by atoms with Crippen LogP contribution < -0.4 is 10.0 Å². The summed E-state index contributed by atoms with van der Waals surface area (Å²) in [6, 6.07) is 11.8. The third-order valence-corrected chi connectivity index (χ3v) is 10.1. The van der Waals surface area contributed by atoms with E-state index in [2.05, 4.69) is 10.0 Å². The van der Waals surface area contributed by atoms with E-state index in [1.807, 2.05) is 44.2 Å². The predicted octanol–water partition coefficient (Wildman–Crippen LogP) is 4.39. The molecule has 3 aromatic rings. The van der Waals surface area contributed by atoms with Gasteiger partial charge in [0.15, 0.2) is 0 Å². The summed E-state index contributed by atoms with van der Waals surface area (Å²) >= 11 is 13.3. The molecular weight excluding hydrogens is 607 g/mol. The second-order valence-electron chi connectivity index (χ2n) is 10.4. The van der Waals surface area contributed by atoms with E-state index < -0.39 is 28.0 Å². The summed E-state index contributed by atoms with van der Waals surface area (Å²) in [5.74, 6) is -0.743. The molecule has 2 aromatic carbocycles. The smallest absolute Gasteiger partial charge is 0.262 e. The van der Waals surface area contributed by atoms with Crippen LogP contribution in [0.4, 0.5) is 0 Å². The number of fused-ring (bicyclic) bond motifs is 1. The lowest BCUT2D eigenvalue weighted by Gasteiger charge is -2.37. The van der Waals surface area contributed by atoms with Crippen LogP contribution in [0, 0.1) is 5.92 Å². The number of halogens is 2. The molecular formula is C28H32Cl2N4O5S2. The number of carbonyl (C=O) groups excluding carboxylic acids is 3. The molecule has 0 saturated carbocycles. The molecule has 9 nitrogen and oxygen atoms in total. The second kappa shape index (κ2) is 13.1. The summed E-state index contributed by atoms with van der Waals surface area (Å²) in [6.07, 6.45) is 0.473. The minimum Gasteiger partial charge on any atom is -0.340 e. The largest absolute Gasteiger partial charge is 0.340 e. The minimum atomic E-state index is -4.07. The maximum absolute atomic E-state index is 13.5. The molecule has 4 rings (SSSR count). The highest BCUT2D eigenvalue weighted by molar-refractivity contribution is 7.89. The van der Waals surface area contributed by atoms with Crippen LogP contribution in [0.2, 0.25) is 10.0 Å². The van der Waals surface area contributed by atoms with Gasteiger partial charge in [-0.3, -0.25) is 14.4 Å². The number of carbonyl (C=O) groups is 3. The fraction of sp³-hybridized carbons (Fsp3) is 0.393. The molecule has 3 amide bonds. The van der Waals surface area contributed by atoms with Crippen molar-refractivity contribution in [3.8, 4) is 0 Å². The Balaban J connectivity index is 1.36. The number of benzene rings is 2. The van der Waals surface area contributed by atoms with Crippen molar-refractivity contribution < 1.29 is 22.8 Å². The van der Waals surface area contributed by atoms with Gasteiger partial charge < -0.3 is 15.1 Å². The van der Waals surface area contributed by atoms with Crippen LogP contribution >= 0.6 is 34.5 Å². The average Bonchev–Trinajstić information content (AvgIpc) is 3.36. The van der Waals surface area contributed by atoms with E-state index in [1.165, 1.54) is 41.4 Å². The first-order valence-corrected chi connectivity index (χ1v) is 16.3. The Bertz CT molecular complexity index is 1520. The zero-order chi connectivity index (χ0) is 29.9. The van der Waals surface area contributed by atoms with Crippen LogP contribution in [0.3, 0.4) is 0 Å². The number of nitrogens with zero attached hydrogens (tertiary/aromatic N) is 2. The molecule has 220 valence electrons. The Hall–Kier alpha value is -2.70. The Labute approximate surface area is 253 Å². The molecule has 1 aliphatic rings. The molecule has 0 bridgehead atoms. The Morgan fingerprint density at radius 1 is 0.927 bits per heavy atom. The van der Waals surface area contributed by atoms with E-state index in [1.54, 1.807) is 4.90 Å². The summed E-state index contributed by atoms with van der Waals surface area (Å²) in [4.78, 5) is 43.1. The summed E-state index contributed by atoms with van der Waals surface area (Å²) in [5, 5.41) is 4.15. The fourth-order valence-electron chi connectivity index (χ4n) is 4.70. The van der Waals surface area contributed by atoms with E-state index in [4.69, 9.17) is 23.2 Å². The molecule has 41 heavy (non-hydrogen) atoms. The normalized spacial score (nSPS) is 15.7. The summed E-state index contributed by atoms with van der Waals surface area (Å²) in [6.45, 7) is 6.43. The quantitative estimate of drug-likeness (QED) is 0.361. The monoisotopic (exact) mass is 638 g/mol. The Morgan fingerprint density at radius 3 is 2.17 bits per heavy atom. The first kappa shape index (κ1) is 31.2. The van der Waals surface area contributed by atoms with Gasteiger partial charge in [0.1, 0.15) is 10.9 Å². The van der Waals surface area contributed by atoms with Crippen LogP contribution in [-0.2, 0) is 19.6 Å². The molecule has 1 aliphatic heterocycles. The van der Waals surface area contributed by atoms with E-state index in [0.717, 1.165) is 10.1 Å². The van der Waals surface area contributed by atoms with Crippen LogP contribution in [0.5, 0.6) is 0 Å². The maximum atomic E-state index is 13.5. The van der Waals surface area contributed by atoms with Crippen LogP contribution in [0.15, 0.2) is 53.4 Å². The molecule has 0 aliphatic carbocycles. The average molecular weight is 640 g/mol. The topological polar surface area (TPSA) is 116 Å². The number of piperazine rings is 1. The lowest BCUT2D eigenvalue weighted by molar-refractivity contribution is -0.141. The zero-order valence-corrected chi connectivity index (χ0v) is 26.0. The fourth-order valence-corrected chi connectivity index (χ4v) is 7.63. The van der Waals surface area contributed by atoms with Gasteiger partial charge in [0.25, 0.3) is 5.91 Å². The van der Waals surface area contributed by atoms with E-state index >= 15 is 0 Å². The van der Waals surface area contributed by atoms with Crippen LogP contribution in [0.1, 0.15) is 36.9 Å². The molecule has 1 fully saturated rings. The van der Waals surface area contributed by atoms with Crippen molar-refractivity contribution in [3.05, 3.63) is 63.5 Å². The van der Waals surface area contributed by atoms with E-state index in [9.17, 15) is 22.8 Å². The van der Waals surface area contributed by atoms with Gasteiger partial charge in [0, 0.05) is 35.9 Å². The van der Waals surface area contributed by atoms with Gasteiger partial charge >= 0.3 is 0 Å². The van der Waals surface area contributed by atoms with Gasteiger partial charge in [-0.05, 0) is 55.0 Å². The third-order valence-electron chi connectivity index (χ3n) is 6.75. The van der Waals surface area contributed by atoms with E-state index in [0.29, 0.717) is 16.3 Å². The first-order chi connectivity index (χ1) is 19.4. The molecule has 0 radical (unpaired) electrons. The Morgan fingerprint density at radius 2 is 1.56 bits per heavy atom. The molecule has 13 heteroatoms. The van der Waals surface area contributed by atoms with Crippen molar-refractivity contribution >= 4 is 72.4 Å². The highest BCUT2D eigenvalue weighted by Crippen LogP contribution is 2.26. The van der Waals surface area contributed by atoms with Crippen molar-refractivity contribution in [2.75, 3.05) is 26.2 Å². The number of sulfonamides is 1. The van der Waals surface area contributed by atoms with Gasteiger partial charge in [-0.2, -0.15) is 4.72 Å². The number of nitrogens with one attached hydrogen (secondary N) is 2. The summed E-state index contributed by atoms with van der Waals surface area (Å²) in [7, 11) is -4.07. The molecule has 2 N–H and O–H groups in total. The lowest BCUT2D eigenvalue weighted by atomic mass is 10.0.